The number of pyridine rings is 1. The van der Waals surface area contributed by atoms with Gasteiger partial charge in [-0.3, -0.25) is 4.98 Å². The van der Waals surface area contributed by atoms with Crippen molar-refractivity contribution >= 4 is 22.0 Å². The highest BCUT2D eigenvalue weighted by molar-refractivity contribution is 9.09. The largest absolute Gasteiger partial charge is 0.254 e. The van der Waals surface area contributed by atoms with E-state index in [1.165, 1.54) is 12.3 Å². The van der Waals surface area contributed by atoms with Crippen LogP contribution in [-0.4, -0.2) is 10.3 Å². The average Bonchev–Trinajstić information content (AvgIpc) is 2.09. The number of aryl methyl sites for hydroxylation is 1. The minimum Gasteiger partial charge on any atom is -0.254 e. The van der Waals surface area contributed by atoms with Crippen molar-refractivity contribution in [3.63, 3.8) is 0 Å². The standard InChI is InChI=1S/C10H11BrFN/c1-8-6-9(12)7-13-10(8)4-2-3-5-11/h2,4,6-7H,3,5H2,1H3. The molecule has 1 nitrogen and oxygen atoms in total. The summed E-state index contributed by atoms with van der Waals surface area (Å²) in [6.45, 7) is 1.85. The van der Waals surface area contributed by atoms with Crippen LogP contribution in [0.3, 0.4) is 0 Å². The van der Waals surface area contributed by atoms with Gasteiger partial charge < -0.3 is 0 Å². The van der Waals surface area contributed by atoms with Crippen molar-refractivity contribution in [2.24, 2.45) is 0 Å². The zero-order valence-corrected chi connectivity index (χ0v) is 9.01. The first kappa shape index (κ1) is 10.4. The van der Waals surface area contributed by atoms with Gasteiger partial charge in [-0.1, -0.05) is 22.0 Å². The Labute approximate surface area is 85.8 Å². The second kappa shape index (κ2) is 5.12. The third-order valence-electron chi connectivity index (χ3n) is 1.64. The summed E-state index contributed by atoms with van der Waals surface area (Å²) in [5.74, 6) is -0.282. The number of hydrogen-bond donors (Lipinski definition) is 0. The first-order valence-electron chi connectivity index (χ1n) is 4.08. The van der Waals surface area contributed by atoms with Crippen molar-refractivity contribution in [2.45, 2.75) is 13.3 Å². The summed E-state index contributed by atoms with van der Waals surface area (Å²) in [5.41, 5.74) is 1.70. The first-order chi connectivity index (χ1) is 6.24. The molecule has 0 atom stereocenters. The van der Waals surface area contributed by atoms with E-state index >= 15 is 0 Å². The second-order valence-electron chi connectivity index (χ2n) is 2.74. The van der Waals surface area contributed by atoms with Gasteiger partial charge in [0, 0.05) is 5.33 Å². The summed E-state index contributed by atoms with van der Waals surface area (Å²) in [5, 5.41) is 0.934. The van der Waals surface area contributed by atoms with E-state index in [0.29, 0.717) is 0 Å². The number of allylic oxidation sites excluding steroid dienone is 1. The SMILES string of the molecule is Cc1cc(F)cnc1C=CCCBr. The van der Waals surface area contributed by atoms with Gasteiger partial charge in [-0.25, -0.2) is 4.39 Å². The van der Waals surface area contributed by atoms with E-state index in [9.17, 15) is 4.39 Å². The highest BCUT2D eigenvalue weighted by Crippen LogP contribution is 2.08. The molecule has 0 bridgehead atoms. The maximum absolute atomic E-state index is 12.6. The van der Waals surface area contributed by atoms with Gasteiger partial charge in [-0.05, 0) is 31.1 Å². The number of halogens is 2. The maximum Gasteiger partial charge on any atom is 0.141 e. The summed E-state index contributed by atoms with van der Waals surface area (Å²) in [6, 6.07) is 1.49. The summed E-state index contributed by atoms with van der Waals surface area (Å²) < 4.78 is 12.6. The predicted molar refractivity (Wildman–Crippen MR) is 56.4 cm³/mol. The van der Waals surface area contributed by atoms with Crippen molar-refractivity contribution in [1.82, 2.24) is 4.98 Å². The van der Waals surface area contributed by atoms with Crippen LogP contribution >= 0.6 is 15.9 Å². The Morgan fingerprint density at radius 1 is 1.62 bits per heavy atom. The van der Waals surface area contributed by atoms with Crippen LogP contribution < -0.4 is 0 Å². The average molecular weight is 244 g/mol. The van der Waals surface area contributed by atoms with Gasteiger partial charge in [-0.2, -0.15) is 0 Å². The zero-order chi connectivity index (χ0) is 9.68. The molecule has 0 aliphatic rings. The molecule has 0 aliphatic heterocycles. The molecule has 1 heterocycles. The lowest BCUT2D eigenvalue weighted by molar-refractivity contribution is 0.619. The summed E-state index contributed by atoms with van der Waals surface area (Å²) in [7, 11) is 0. The molecule has 0 unspecified atom stereocenters. The van der Waals surface area contributed by atoms with Crippen molar-refractivity contribution < 1.29 is 4.39 Å². The molecule has 0 radical (unpaired) electrons. The normalized spacial score (nSPS) is 11.0. The Balaban J connectivity index is 2.77. The van der Waals surface area contributed by atoms with Gasteiger partial charge in [0.1, 0.15) is 5.82 Å². The quantitative estimate of drug-likeness (QED) is 0.743. The van der Waals surface area contributed by atoms with Gasteiger partial charge >= 0.3 is 0 Å². The molecular weight excluding hydrogens is 233 g/mol. The van der Waals surface area contributed by atoms with Gasteiger partial charge in [0.05, 0.1) is 11.9 Å². The fraction of sp³-hybridized carbons (Fsp3) is 0.300. The molecule has 1 rings (SSSR count). The van der Waals surface area contributed by atoms with Crippen LogP contribution in [0, 0.1) is 12.7 Å². The van der Waals surface area contributed by atoms with Crippen molar-refractivity contribution in [1.29, 1.82) is 0 Å². The lowest BCUT2D eigenvalue weighted by Gasteiger charge is -1.97. The molecule has 0 fully saturated rings. The molecule has 0 saturated carbocycles. The van der Waals surface area contributed by atoms with Gasteiger partial charge in [0.25, 0.3) is 0 Å². The summed E-state index contributed by atoms with van der Waals surface area (Å²) in [6.07, 6.45) is 6.12. The molecule has 0 N–H and O–H groups in total. The molecule has 0 spiro atoms. The molecule has 3 heteroatoms. The number of alkyl halides is 1. The van der Waals surface area contributed by atoms with Crippen molar-refractivity contribution in [2.75, 3.05) is 5.33 Å². The maximum atomic E-state index is 12.6. The molecule has 0 saturated heterocycles. The lowest BCUT2D eigenvalue weighted by Crippen LogP contribution is -1.88. The van der Waals surface area contributed by atoms with Gasteiger partial charge in [-0.15, -0.1) is 0 Å². The lowest BCUT2D eigenvalue weighted by atomic mass is 10.2. The molecule has 1 aromatic heterocycles. The van der Waals surface area contributed by atoms with E-state index in [2.05, 4.69) is 20.9 Å². The molecule has 0 aromatic carbocycles. The Kier molecular flexibility index (Phi) is 4.09. The number of aromatic nitrogens is 1. The third-order valence-corrected chi connectivity index (χ3v) is 2.09. The molecule has 70 valence electrons. The Hall–Kier alpha value is -0.700. The highest BCUT2D eigenvalue weighted by atomic mass is 79.9. The van der Waals surface area contributed by atoms with E-state index in [0.717, 1.165) is 23.0 Å². The predicted octanol–water partition coefficient (Wildman–Crippen LogP) is 3.33. The number of nitrogens with zero attached hydrogens (tertiary/aromatic N) is 1. The Morgan fingerprint density at radius 2 is 2.38 bits per heavy atom. The zero-order valence-electron chi connectivity index (χ0n) is 7.43. The van der Waals surface area contributed by atoms with E-state index in [1.54, 1.807) is 0 Å². The second-order valence-corrected chi connectivity index (χ2v) is 3.53. The minimum atomic E-state index is -0.282. The third kappa shape index (κ3) is 3.27. The van der Waals surface area contributed by atoms with Crippen LogP contribution in [0.5, 0.6) is 0 Å². The van der Waals surface area contributed by atoms with Crippen LogP contribution in [0.1, 0.15) is 17.7 Å². The van der Waals surface area contributed by atoms with Gasteiger partial charge in [0.2, 0.25) is 0 Å². The van der Waals surface area contributed by atoms with Crippen LogP contribution in [-0.2, 0) is 0 Å². The fourth-order valence-electron chi connectivity index (χ4n) is 0.984. The number of rotatable bonds is 3. The van der Waals surface area contributed by atoms with E-state index in [1.807, 2.05) is 19.1 Å². The first-order valence-corrected chi connectivity index (χ1v) is 5.21. The van der Waals surface area contributed by atoms with Crippen molar-refractivity contribution in [3.05, 3.63) is 35.4 Å². The smallest absolute Gasteiger partial charge is 0.141 e. The summed E-state index contributed by atoms with van der Waals surface area (Å²) in [4.78, 5) is 3.97. The van der Waals surface area contributed by atoms with E-state index in [4.69, 9.17) is 0 Å². The highest BCUT2D eigenvalue weighted by Gasteiger charge is 1.96. The number of hydrogen-bond acceptors (Lipinski definition) is 1. The summed E-state index contributed by atoms with van der Waals surface area (Å²) >= 11 is 3.32. The molecule has 1 aromatic rings. The molecule has 0 aliphatic carbocycles. The monoisotopic (exact) mass is 243 g/mol. The van der Waals surface area contributed by atoms with E-state index in [-0.39, 0.29) is 5.82 Å². The molecule has 13 heavy (non-hydrogen) atoms. The van der Waals surface area contributed by atoms with Crippen LogP contribution in [0.2, 0.25) is 0 Å². The van der Waals surface area contributed by atoms with Crippen LogP contribution in [0.25, 0.3) is 6.08 Å². The van der Waals surface area contributed by atoms with Gasteiger partial charge in [0.15, 0.2) is 0 Å². The molecule has 0 amide bonds. The van der Waals surface area contributed by atoms with Crippen molar-refractivity contribution in [3.8, 4) is 0 Å². The fourth-order valence-corrected chi connectivity index (χ4v) is 1.25. The van der Waals surface area contributed by atoms with Crippen LogP contribution in [0.4, 0.5) is 4.39 Å². The van der Waals surface area contributed by atoms with E-state index < -0.39 is 0 Å². The Bertz CT molecular complexity index is 310. The Morgan fingerprint density at radius 3 is 3.00 bits per heavy atom. The van der Waals surface area contributed by atoms with Crippen LogP contribution in [0.15, 0.2) is 18.3 Å². The topological polar surface area (TPSA) is 12.9 Å². The minimum absolute atomic E-state index is 0.282. The molecular formula is C10H11BrFN.